The highest BCUT2D eigenvalue weighted by Crippen LogP contribution is 2.17. The van der Waals surface area contributed by atoms with Gasteiger partial charge in [-0.05, 0) is 24.1 Å². The molecule has 1 aromatic carbocycles. The maximum atomic E-state index is 12.1. The molecule has 144 valence electrons. The van der Waals surface area contributed by atoms with Crippen LogP contribution >= 0.6 is 0 Å². The third-order valence-electron chi connectivity index (χ3n) is 5.03. The van der Waals surface area contributed by atoms with Gasteiger partial charge in [0.15, 0.2) is 0 Å². The summed E-state index contributed by atoms with van der Waals surface area (Å²) < 4.78 is 0. The van der Waals surface area contributed by atoms with E-state index in [0.717, 1.165) is 64.2 Å². The Morgan fingerprint density at radius 2 is 1.81 bits per heavy atom. The van der Waals surface area contributed by atoms with Crippen LogP contribution in [0.15, 0.2) is 48.7 Å². The quantitative estimate of drug-likeness (QED) is 0.728. The van der Waals surface area contributed by atoms with E-state index in [2.05, 4.69) is 57.4 Å². The summed E-state index contributed by atoms with van der Waals surface area (Å²) in [6.45, 7) is 7.92. The van der Waals surface area contributed by atoms with Crippen molar-refractivity contribution < 1.29 is 4.79 Å². The van der Waals surface area contributed by atoms with E-state index in [-0.39, 0.29) is 5.91 Å². The molecule has 1 aliphatic rings. The Kier molecular flexibility index (Phi) is 7.22. The zero-order valence-electron chi connectivity index (χ0n) is 16.2. The predicted molar refractivity (Wildman–Crippen MR) is 110 cm³/mol. The van der Waals surface area contributed by atoms with Crippen molar-refractivity contribution in [3.63, 3.8) is 0 Å². The minimum atomic E-state index is -0.0784. The van der Waals surface area contributed by atoms with Gasteiger partial charge in [0.2, 0.25) is 0 Å². The van der Waals surface area contributed by atoms with Gasteiger partial charge in [0.25, 0.3) is 5.91 Å². The number of anilines is 1. The first kappa shape index (κ1) is 19.4. The van der Waals surface area contributed by atoms with E-state index in [0.29, 0.717) is 5.69 Å². The van der Waals surface area contributed by atoms with Gasteiger partial charge >= 0.3 is 0 Å². The minimum absolute atomic E-state index is 0.0784. The van der Waals surface area contributed by atoms with Crippen molar-refractivity contribution >= 4 is 11.6 Å². The molecule has 5 heteroatoms. The highest BCUT2D eigenvalue weighted by atomic mass is 16.1. The second-order valence-electron chi connectivity index (χ2n) is 7.11. The minimum Gasteiger partial charge on any atom is -0.368 e. The van der Waals surface area contributed by atoms with Crippen LogP contribution in [-0.2, 0) is 6.54 Å². The van der Waals surface area contributed by atoms with Crippen LogP contribution in [0, 0.1) is 0 Å². The highest BCUT2D eigenvalue weighted by Gasteiger charge is 2.18. The van der Waals surface area contributed by atoms with Crippen LogP contribution in [0.2, 0.25) is 0 Å². The summed E-state index contributed by atoms with van der Waals surface area (Å²) in [6, 6.07) is 14.5. The summed E-state index contributed by atoms with van der Waals surface area (Å²) >= 11 is 0. The number of hydrogen-bond acceptors (Lipinski definition) is 4. The third kappa shape index (κ3) is 5.79. The van der Waals surface area contributed by atoms with Crippen LogP contribution in [0.4, 0.5) is 5.69 Å². The molecule has 3 rings (SSSR count). The monoisotopic (exact) mass is 366 g/mol. The van der Waals surface area contributed by atoms with Crippen molar-refractivity contribution in [2.75, 3.05) is 37.6 Å². The lowest BCUT2D eigenvalue weighted by molar-refractivity contribution is 0.0948. The number of carbonyl (C=O) groups excluding carboxylic acids is 1. The molecule has 0 saturated carbocycles. The molecule has 27 heavy (non-hydrogen) atoms. The van der Waals surface area contributed by atoms with Gasteiger partial charge in [-0.25, -0.2) is 4.98 Å². The number of pyridine rings is 1. The molecule has 0 atom stereocenters. The Morgan fingerprint density at radius 1 is 1.04 bits per heavy atom. The fraction of sp³-hybridized carbons (Fsp3) is 0.455. The maximum Gasteiger partial charge on any atom is 0.269 e. The van der Waals surface area contributed by atoms with Gasteiger partial charge in [0, 0.05) is 39.3 Å². The summed E-state index contributed by atoms with van der Waals surface area (Å²) in [6.07, 6.45) is 5.14. The van der Waals surface area contributed by atoms with Crippen molar-refractivity contribution in [3.8, 4) is 0 Å². The number of unbranched alkanes of at least 4 members (excludes halogenated alkanes) is 2. The number of hydrogen-bond donors (Lipinski definition) is 1. The second-order valence-corrected chi connectivity index (χ2v) is 7.11. The molecule has 2 heterocycles. The smallest absolute Gasteiger partial charge is 0.269 e. The largest absolute Gasteiger partial charge is 0.368 e. The molecular weight excluding hydrogens is 336 g/mol. The molecule has 0 aliphatic carbocycles. The highest BCUT2D eigenvalue weighted by molar-refractivity contribution is 5.92. The molecule has 1 amide bonds. The lowest BCUT2D eigenvalue weighted by Crippen LogP contribution is -2.46. The molecular formula is C22H30N4O. The van der Waals surface area contributed by atoms with Crippen molar-refractivity contribution in [1.29, 1.82) is 0 Å². The average Bonchev–Trinajstić information content (AvgIpc) is 2.72. The van der Waals surface area contributed by atoms with Gasteiger partial charge in [-0.1, -0.05) is 50.1 Å². The van der Waals surface area contributed by atoms with Gasteiger partial charge in [-0.3, -0.25) is 9.69 Å². The number of piperazine rings is 1. The van der Waals surface area contributed by atoms with Crippen molar-refractivity contribution in [2.45, 2.75) is 32.7 Å². The van der Waals surface area contributed by atoms with Crippen LogP contribution in [0.5, 0.6) is 0 Å². The number of aromatic nitrogens is 1. The molecule has 0 radical (unpaired) electrons. The Bertz CT molecular complexity index is 694. The SMILES string of the molecule is CCCCCNC(=O)c1ccc(N2CCN(Cc3ccccc3)CC2)cn1. The van der Waals surface area contributed by atoms with E-state index >= 15 is 0 Å². The van der Waals surface area contributed by atoms with Gasteiger partial charge in [0.1, 0.15) is 5.69 Å². The first-order chi connectivity index (χ1) is 13.3. The first-order valence-electron chi connectivity index (χ1n) is 10.0. The van der Waals surface area contributed by atoms with Crippen LogP contribution in [0.25, 0.3) is 0 Å². The normalized spacial score (nSPS) is 14.9. The van der Waals surface area contributed by atoms with Crippen LogP contribution in [0.3, 0.4) is 0 Å². The molecule has 1 aliphatic heterocycles. The number of nitrogens with one attached hydrogen (secondary N) is 1. The molecule has 1 saturated heterocycles. The molecule has 1 N–H and O–H groups in total. The van der Waals surface area contributed by atoms with Crippen molar-refractivity contribution in [2.24, 2.45) is 0 Å². The summed E-state index contributed by atoms with van der Waals surface area (Å²) in [7, 11) is 0. The van der Waals surface area contributed by atoms with E-state index in [4.69, 9.17) is 0 Å². The number of nitrogens with zero attached hydrogens (tertiary/aromatic N) is 3. The zero-order chi connectivity index (χ0) is 18.9. The van der Waals surface area contributed by atoms with E-state index in [1.165, 1.54) is 5.56 Å². The molecule has 1 fully saturated rings. The predicted octanol–water partition coefficient (Wildman–Crippen LogP) is 3.32. The number of rotatable bonds is 8. The number of amides is 1. The van der Waals surface area contributed by atoms with E-state index in [9.17, 15) is 4.79 Å². The Hall–Kier alpha value is -2.40. The third-order valence-corrected chi connectivity index (χ3v) is 5.03. The van der Waals surface area contributed by atoms with Crippen molar-refractivity contribution in [3.05, 3.63) is 59.9 Å². The van der Waals surface area contributed by atoms with Gasteiger partial charge in [0.05, 0.1) is 11.9 Å². The molecule has 0 spiro atoms. The standard InChI is InChI=1S/C22H30N4O/c1-2-3-7-12-23-22(27)21-11-10-20(17-24-21)26-15-13-25(14-16-26)18-19-8-5-4-6-9-19/h4-6,8-11,17H,2-3,7,12-16,18H2,1H3,(H,23,27). The second kappa shape index (κ2) is 10.1. The lowest BCUT2D eigenvalue weighted by Gasteiger charge is -2.36. The number of benzene rings is 1. The molecule has 0 unspecified atom stereocenters. The first-order valence-corrected chi connectivity index (χ1v) is 10.0. The molecule has 1 aromatic heterocycles. The molecule has 2 aromatic rings. The van der Waals surface area contributed by atoms with E-state index in [1.807, 2.05) is 18.3 Å². The maximum absolute atomic E-state index is 12.1. The Balaban J connectivity index is 1.46. The average molecular weight is 367 g/mol. The summed E-state index contributed by atoms with van der Waals surface area (Å²) in [4.78, 5) is 21.3. The fourth-order valence-corrected chi connectivity index (χ4v) is 3.38. The van der Waals surface area contributed by atoms with Crippen LogP contribution in [0.1, 0.15) is 42.2 Å². The fourth-order valence-electron chi connectivity index (χ4n) is 3.38. The van der Waals surface area contributed by atoms with Gasteiger partial charge in [-0.2, -0.15) is 0 Å². The zero-order valence-corrected chi connectivity index (χ0v) is 16.2. The summed E-state index contributed by atoms with van der Waals surface area (Å²) in [5, 5.41) is 2.94. The topological polar surface area (TPSA) is 48.5 Å². The Labute approximate surface area is 162 Å². The summed E-state index contributed by atoms with van der Waals surface area (Å²) in [5.74, 6) is -0.0784. The van der Waals surface area contributed by atoms with Crippen LogP contribution < -0.4 is 10.2 Å². The van der Waals surface area contributed by atoms with Gasteiger partial charge in [-0.15, -0.1) is 0 Å². The van der Waals surface area contributed by atoms with E-state index in [1.54, 1.807) is 0 Å². The molecule has 0 bridgehead atoms. The number of carbonyl (C=O) groups is 1. The molecule has 5 nitrogen and oxygen atoms in total. The Morgan fingerprint density at radius 3 is 2.48 bits per heavy atom. The van der Waals surface area contributed by atoms with Crippen LogP contribution in [-0.4, -0.2) is 48.5 Å². The summed E-state index contributed by atoms with van der Waals surface area (Å²) in [5.41, 5.74) is 2.96. The van der Waals surface area contributed by atoms with Crippen molar-refractivity contribution in [1.82, 2.24) is 15.2 Å². The lowest BCUT2D eigenvalue weighted by atomic mass is 10.2. The van der Waals surface area contributed by atoms with Gasteiger partial charge < -0.3 is 10.2 Å². The van der Waals surface area contributed by atoms with E-state index < -0.39 is 0 Å².